The van der Waals surface area contributed by atoms with Crippen LogP contribution in [0.15, 0.2) is 30.3 Å². The highest BCUT2D eigenvalue weighted by atomic mass is 15.1. The molecular weight excluding hydrogens is 218 g/mol. The summed E-state index contributed by atoms with van der Waals surface area (Å²) in [4.78, 5) is 2.66. The molecule has 2 aliphatic rings. The van der Waals surface area contributed by atoms with Gasteiger partial charge in [0.15, 0.2) is 0 Å². The van der Waals surface area contributed by atoms with Gasteiger partial charge in [-0.25, -0.2) is 0 Å². The Bertz CT molecular complexity index is 443. The van der Waals surface area contributed by atoms with Crippen LogP contribution in [0.3, 0.4) is 0 Å². The van der Waals surface area contributed by atoms with E-state index in [9.17, 15) is 0 Å². The lowest BCUT2D eigenvalue weighted by Crippen LogP contribution is -2.28. The van der Waals surface area contributed by atoms with Crippen LogP contribution in [0.1, 0.15) is 37.3 Å². The first-order valence-electron chi connectivity index (χ1n) is 7.36. The summed E-state index contributed by atoms with van der Waals surface area (Å²) in [6, 6.07) is 8.88. The maximum absolute atomic E-state index is 2.66. The molecule has 1 aromatic rings. The predicted octanol–water partition coefficient (Wildman–Crippen LogP) is 3.75. The summed E-state index contributed by atoms with van der Waals surface area (Å²) < 4.78 is 0. The molecule has 1 fully saturated rings. The fraction of sp³-hybridized carbons (Fsp3) is 0.529. The topological polar surface area (TPSA) is 3.24 Å². The van der Waals surface area contributed by atoms with Crippen molar-refractivity contribution in [3.8, 4) is 0 Å². The first-order chi connectivity index (χ1) is 8.86. The van der Waals surface area contributed by atoms with Crippen LogP contribution in [0.2, 0.25) is 0 Å². The molecule has 0 spiro atoms. The molecule has 1 heteroatoms. The lowest BCUT2D eigenvalue weighted by Gasteiger charge is -2.22. The zero-order chi connectivity index (χ0) is 12.4. The Hall–Kier alpha value is -1.08. The Balaban J connectivity index is 1.67. The quantitative estimate of drug-likeness (QED) is 0.733. The fourth-order valence-electron chi connectivity index (χ4n) is 2.96. The fourth-order valence-corrected chi connectivity index (χ4v) is 2.96. The first-order valence-corrected chi connectivity index (χ1v) is 7.36. The van der Waals surface area contributed by atoms with Crippen molar-refractivity contribution >= 4 is 5.57 Å². The Kier molecular flexibility index (Phi) is 3.51. The van der Waals surface area contributed by atoms with Crippen LogP contribution < -0.4 is 0 Å². The predicted molar refractivity (Wildman–Crippen MR) is 77.6 cm³/mol. The van der Waals surface area contributed by atoms with Gasteiger partial charge in [-0.05, 0) is 54.8 Å². The van der Waals surface area contributed by atoms with Gasteiger partial charge in [-0.2, -0.15) is 0 Å². The van der Waals surface area contributed by atoms with Crippen molar-refractivity contribution in [3.05, 3.63) is 41.5 Å². The zero-order valence-corrected chi connectivity index (χ0v) is 11.4. The van der Waals surface area contributed by atoms with Gasteiger partial charge in [-0.3, -0.25) is 4.90 Å². The average Bonchev–Trinajstić information content (AvgIpc) is 3.11. The van der Waals surface area contributed by atoms with Crippen molar-refractivity contribution in [2.75, 3.05) is 19.6 Å². The summed E-state index contributed by atoms with van der Waals surface area (Å²) in [5.41, 5.74) is 4.56. The largest absolute Gasteiger partial charge is 0.299 e. The van der Waals surface area contributed by atoms with Gasteiger partial charge in [0.05, 0.1) is 0 Å². The molecule has 1 aromatic carbocycles. The molecule has 0 aromatic heterocycles. The maximum Gasteiger partial charge on any atom is 0.0236 e. The van der Waals surface area contributed by atoms with Crippen LogP contribution >= 0.6 is 0 Å². The van der Waals surface area contributed by atoms with E-state index in [2.05, 4.69) is 42.2 Å². The highest BCUT2D eigenvalue weighted by molar-refractivity contribution is 5.74. The lowest BCUT2D eigenvalue weighted by molar-refractivity contribution is 0.295. The number of rotatable bonds is 6. The highest BCUT2D eigenvalue weighted by Crippen LogP contribution is 2.32. The van der Waals surface area contributed by atoms with Gasteiger partial charge >= 0.3 is 0 Å². The molecule has 18 heavy (non-hydrogen) atoms. The van der Waals surface area contributed by atoms with Crippen LogP contribution in [-0.2, 0) is 6.42 Å². The van der Waals surface area contributed by atoms with Crippen molar-refractivity contribution in [2.45, 2.75) is 32.6 Å². The van der Waals surface area contributed by atoms with Crippen LogP contribution in [0.4, 0.5) is 0 Å². The van der Waals surface area contributed by atoms with E-state index in [1.807, 2.05) is 0 Å². The molecule has 0 atom stereocenters. The van der Waals surface area contributed by atoms with Crippen molar-refractivity contribution in [1.29, 1.82) is 0 Å². The van der Waals surface area contributed by atoms with Crippen molar-refractivity contribution in [3.63, 3.8) is 0 Å². The van der Waals surface area contributed by atoms with E-state index in [1.165, 1.54) is 43.5 Å². The van der Waals surface area contributed by atoms with Crippen LogP contribution in [0, 0.1) is 5.92 Å². The second-order valence-electron chi connectivity index (χ2n) is 5.77. The number of benzene rings is 1. The van der Waals surface area contributed by atoms with E-state index in [-0.39, 0.29) is 0 Å². The summed E-state index contributed by atoms with van der Waals surface area (Å²) >= 11 is 0. The average molecular weight is 241 g/mol. The Morgan fingerprint density at radius 3 is 2.83 bits per heavy atom. The zero-order valence-electron chi connectivity index (χ0n) is 11.4. The third-order valence-corrected chi connectivity index (χ3v) is 4.08. The number of hydrogen-bond acceptors (Lipinski definition) is 1. The van der Waals surface area contributed by atoms with Gasteiger partial charge in [0.2, 0.25) is 0 Å². The van der Waals surface area contributed by atoms with E-state index in [0.29, 0.717) is 0 Å². The van der Waals surface area contributed by atoms with Gasteiger partial charge < -0.3 is 0 Å². The molecule has 0 saturated heterocycles. The van der Waals surface area contributed by atoms with E-state index in [4.69, 9.17) is 0 Å². The number of allylic oxidation sites excluding steroid dienone is 1. The van der Waals surface area contributed by atoms with Crippen molar-refractivity contribution in [1.82, 2.24) is 4.90 Å². The van der Waals surface area contributed by atoms with E-state index in [0.717, 1.165) is 18.9 Å². The van der Waals surface area contributed by atoms with Crippen molar-refractivity contribution < 1.29 is 0 Å². The molecule has 0 N–H and O–H groups in total. The Morgan fingerprint density at radius 1 is 1.22 bits per heavy atom. The van der Waals surface area contributed by atoms with Gasteiger partial charge in [-0.15, -0.1) is 0 Å². The normalized spacial score (nSPS) is 18.0. The second kappa shape index (κ2) is 5.27. The van der Waals surface area contributed by atoms with E-state index in [1.54, 1.807) is 5.57 Å². The summed E-state index contributed by atoms with van der Waals surface area (Å²) in [7, 11) is 0. The van der Waals surface area contributed by atoms with Gasteiger partial charge in [0.25, 0.3) is 0 Å². The minimum atomic E-state index is 0.994. The van der Waals surface area contributed by atoms with E-state index < -0.39 is 0 Å². The summed E-state index contributed by atoms with van der Waals surface area (Å²) in [5.74, 6) is 0.994. The maximum atomic E-state index is 2.66. The Morgan fingerprint density at radius 2 is 2.06 bits per heavy atom. The van der Waals surface area contributed by atoms with Crippen LogP contribution in [0.25, 0.3) is 5.57 Å². The molecule has 1 saturated carbocycles. The van der Waals surface area contributed by atoms with Gasteiger partial charge in [-0.1, -0.05) is 37.3 Å². The van der Waals surface area contributed by atoms with Crippen LogP contribution in [0.5, 0.6) is 0 Å². The first kappa shape index (κ1) is 12.0. The molecule has 0 aliphatic heterocycles. The third-order valence-electron chi connectivity index (χ3n) is 4.08. The summed E-state index contributed by atoms with van der Waals surface area (Å²) in [6.07, 6.45) is 7.74. The number of hydrogen-bond donors (Lipinski definition) is 0. The molecular formula is C17H23N. The van der Waals surface area contributed by atoms with Crippen LogP contribution in [-0.4, -0.2) is 24.5 Å². The SMILES string of the molecule is CCCN(CC1=CCc2ccccc21)CC1CC1. The van der Waals surface area contributed by atoms with E-state index >= 15 is 0 Å². The van der Waals surface area contributed by atoms with Gasteiger partial charge in [0.1, 0.15) is 0 Å². The molecule has 2 aliphatic carbocycles. The Labute approximate surface area is 111 Å². The molecule has 3 rings (SSSR count). The van der Waals surface area contributed by atoms with Crippen molar-refractivity contribution in [2.24, 2.45) is 5.92 Å². The molecule has 0 amide bonds. The highest BCUT2D eigenvalue weighted by Gasteiger charge is 2.25. The monoisotopic (exact) mass is 241 g/mol. The smallest absolute Gasteiger partial charge is 0.0236 e. The number of nitrogens with zero attached hydrogens (tertiary/aromatic N) is 1. The van der Waals surface area contributed by atoms with Gasteiger partial charge in [0, 0.05) is 13.1 Å². The molecule has 1 nitrogen and oxygen atoms in total. The minimum Gasteiger partial charge on any atom is -0.299 e. The molecule has 0 heterocycles. The third kappa shape index (κ3) is 2.67. The molecule has 0 unspecified atom stereocenters. The standard InChI is InChI=1S/C17H23N/c1-2-11-18(12-14-7-8-14)13-16-10-9-15-5-3-4-6-17(15)16/h3-6,10,14H,2,7-9,11-13H2,1H3. The number of fused-ring (bicyclic) bond motifs is 1. The summed E-state index contributed by atoms with van der Waals surface area (Å²) in [5, 5.41) is 0. The summed E-state index contributed by atoms with van der Waals surface area (Å²) in [6.45, 7) is 6.00. The minimum absolute atomic E-state index is 0.994. The lowest BCUT2D eigenvalue weighted by atomic mass is 10.1. The molecule has 0 radical (unpaired) electrons. The molecule has 0 bridgehead atoms. The molecule has 96 valence electrons. The second-order valence-corrected chi connectivity index (χ2v) is 5.77.